The van der Waals surface area contributed by atoms with Crippen molar-refractivity contribution in [3.8, 4) is 18.1 Å². The molecular formula is C15H15F3O3. The summed E-state index contributed by atoms with van der Waals surface area (Å²) in [4.78, 5) is 11.3. The normalized spacial score (nSPS) is 12.3. The van der Waals surface area contributed by atoms with Gasteiger partial charge in [0.25, 0.3) is 0 Å². The smallest absolute Gasteiger partial charge is 0.419 e. The van der Waals surface area contributed by atoms with E-state index in [1.807, 2.05) is 0 Å². The Kier molecular flexibility index (Phi) is 6.10. The molecule has 0 radical (unpaired) electrons. The SMILES string of the molecule is C#C[C@H](COc1ccccc1C(F)(F)F)OC(=O)CCC. The summed E-state index contributed by atoms with van der Waals surface area (Å²) in [5.41, 5.74) is -0.902. The number of ether oxygens (including phenoxy) is 2. The van der Waals surface area contributed by atoms with Crippen molar-refractivity contribution < 1.29 is 27.4 Å². The Morgan fingerprint density at radius 2 is 2.05 bits per heavy atom. The third-order valence-corrected chi connectivity index (χ3v) is 2.50. The van der Waals surface area contributed by atoms with Crippen molar-refractivity contribution in [2.24, 2.45) is 0 Å². The van der Waals surface area contributed by atoms with Crippen LogP contribution in [0.1, 0.15) is 25.3 Å². The first kappa shape index (κ1) is 16.9. The fourth-order valence-electron chi connectivity index (χ4n) is 1.53. The zero-order chi connectivity index (χ0) is 15.9. The largest absolute Gasteiger partial charge is 0.488 e. The number of carbonyl (C=O) groups excluding carboxylic acids is 1. The van der Waals surface area contributed by atoms with Crippen LogP contribution >= 0.6 is 0 Å². The van der Waals surface area contributed by atoms with Gasteiger partial charge >= 0.3 is 12.1 Å². The molecule has 0 aliphatic heterocycles. The van der Waals surface area contributed by atoms with Crippen LogP contribution in [0.15, 0.2) is 24.3 Å². The van der Waals surface area contributed by atoms with Crippen LogP contribution in [0.5, 0.6) is 5.75 Å². The predicted octanol–water partition coefficient (Wildman–Crippen LogP) is 3.43. The van der Waals surface area contributed by atoms with E-state index in [1.165, 1.54) is 18.2 Å². The second kappa shape index (κ2) is 7.58. The summed E-state index contributed by atoms with van der Waals surface area (Å²) in [6.45, 7) is 1.46. The highest BCUT2D eigenvalue weighted by molar-refractivity contribution is 5.69. The number of carbonyl (C=O) groups is 1. The Morgan fingerprint density at radius 3 is 2.62 bits per heavy atom. The number of benzene rings is 1. The fraction of sp³-hybridized carbons (Fsp3) is 0.400. The van der Waals surface area contributed by atoms with Gasteiger partial charge in [0.2, 0.25) is 0 Å². The molecule has 1 aromatic rings. The lowest BCUT2D eigenvalue weighted by atomic mass is 10.2. The van der Waals surface area contributed by atoms with Gasteiger partial charge in [-0.2, -0.15) is 13.2 Å². The summed E-state index contributed by atoms with van der Waals surface area (Å²) >= 11 is 0. The van der Waals surface area contributed by atoms with Crippen molar-refractivity contribution in [2.75, 3.05) is 6.61 Å². The van der Waals surface area contributed by atoms with E-state index in [1.54, 1.807) is 6.92 Å². The van der Waals surface area contributed by atoms with Gasteiger partial charge in [-0.3, -0.25) is 4.79 Å². The summed E-state index contributed by atoms with van der Waals surface area (Å²) in [7, 11) is 0. The summed E-state index contributed by atoms with van der Waals surface area (Å²) in [5.74, 6) is 1.31. The number of alkyl halides is 3. The highest BCUT2D eigenvalue weighted by Crippen LogP contribution is 2.35. The van der Waals surface area contributed by atoms with Crippen LogP contribution in [0.2, 0.25) is 0 Å². The van der Waals surface area contributed by atoms with Gasteiger partial charge in [-0.15, -0.1) is 6.42 Å². The van der Waals surface area contributed by atoms with Crippen molar-refractivity contribution in [1.29, 1.82) is 0 Å². The minimum absolute atomic E-state index is 0.192. The average molecular weight is 300 g/mol. The lowest BCUT2D eigenvalue weighted by Crippen LogP contribution is -2.24. The highest BCUT2D eigenvalue weighted by Gasteiger charge is 2.34. The van der Waals surface area contributed by atoms with Crippen LogP contribution in [0.3, 0.4) is 0 Å². The number of rotatable bonds is 6. The highest BCUT2D eigenvalue weighted by atomic mass is 19.4. The number of esters is 1. The average Bonchev–Trinajstić information content (AvgIpc) is 2.43. The van der Waals surface area contributed by atoms with Gasteiger partial charge in [0.15, 0.2) is 6.10 Å². The van der Waals surface area contributed by atoms with E-state index in [-0.39, 0.29) is 18.8 Å². The number of hydrogen-bond acceptors (Lipinski definition) is 3. The quantitative estimate of drug-likeness (QED) is 0.596. The number of para-hydroxylation sites is 1. The molecule has 0 saturated heterocycles. The molecule has 0 bridgehead atoms. The first-order valence-electron chi connectivity index (χ1n) is 6.33. The van der Waals surface area contributed by atoms with Gasteiger partial charge < -0.3 is 9.47 Å². The van der Waals surface area contributed by atoms with Gasteiger partial charge in [-0.1, -0.05) is 25.0 Å². The van der Waals surface area contributed by atoms with Gasteiger partial charge in [-0.25, -0.2) is 0 Å². The molecule has 3 nitrogen and oxygen atoms in total. The minimum atomic E-state index is -4.53. The van der Waals surface area contributed by atoms with E-state index >= 15 is 0 Å². The van der Waals surface area contributed by atoms with Crippen LogP contribution in [-0.2, 0) is 15.7 Å². The van der Waals surface area contributed by atoms with Crippen molar-refractivity contribution >= 4 is 5.97 Å². The monoisotopic (exact) mass is 300 g/mol. The molecule has 1 rings (SSSR count). The molecule has 0 amide bonds. The van der Waals surface area contributed by atoms with Gasteiger partial charge in [-0.05, 0) is 18.6 Å². The molecule has 0 aliphatic rings. The van der Waals surface area contributed by atoms with E-state index in [2.05, 4.69) is 5.92 Å². The Bertz CT molecular complexity index is 518. The molecule has 6 heteroatoms. The van der Waals surface area contributed by atoms with E-state index in [0.29, 0.717) is 6.42 Å². The summed E-state index contributed by atoms with van der Waals surface area (Å²) in [5, 5.41) is 0. The zero-order valence-corrected chi connectivity index (χ0v) is 11.4. The second-order valence-electron chi connectivity index (χ2n) is 4.20. The molecule has 0 fully saturated rings. The molecule has 1 atom stereocenters. The van der Waals surface area contributed by atoms with Crippen LogP contribution in [-0.4, -0.2) is 18.7 Å². The Labute approximate surface area is 121 Å². The maximum absolute atomic E-state index is 12.8. The molecule has 0 saturated carbocycles. The van der Waals surface area contributed by atoms with Crippen LogP contribution < -0.4 is 4.74 Å². The van der Waals surface area contributed by atoms with Crippen LogP contribution in [0.4, 0.5) is 13.2 Å². The third-order valence-electron chi connectivity index (χ3n) is 2.50. The second-order valence-corrected chi connectivity index (χ2v) is 4.20. The number of terminal acetylenes is 1. The fourth-order valence-corrected chi connectivity index (χ4v) is 1.53. The van der Waals surface area contributed by atoms with E-state index < -0.39 is 23.8 Å². The Morgan fingerprint density at radius 1 is 1.38 bits per heavy atom. The zero-order valence-electron chi connectivity index (χ0n) is 11.4. The predicted molar refractivity (Wildman–Crippen MR) is 70.6 cm³/mol. The Balaban J connectivity index is 2.70. The first-order valence-corrected chi connectivity index (χ1v) is 6.33. The molecule has 0 aliphatic carbocycles. The van der Waals surface area contributed by atoms with E-state index in [4.69, 9.17) is 15.9 Å². The molecular weight excluding hydrogens is 285 g/mol. The first-order chi connectivity index (χ1) is 9.88. The maximum atomic E-state index is 12.8. The molecule has 1 aromatic carbocycles. The molecule has 0 unspecified atom stereocenters. The van der Waals surface area contributed by atoms with Gasteiger partial charge in [0.1, 0.15) is 12.4 Å². The van der Waals surface area contributed by atoms with Crippen molar-refractivity contribution in [3.05, 3.63) is 29.8 Å². The molecule has 0 N–H and O–H groups in total. The number of hydrogen-bond donors (Lipinski definition) is 0. The van der Waals surface area contributed by atoms with E-state index in [9.17, 15) is 18.0 Å². The molecule has 114 valence electrons. The molecule has 0 aromatic heterocycles. The Hall–Kier alpha value is -2.16. The van der Waals surface area contributed by atoms with Crippen LogP contribution in [0.25, 0.3) is 0 Å². The summed E-state index contributed by atoms with van der Waals surface area (Å²) in [6, 6.07) is 4.77. The summed E-state index contributed by atoms with van der Waals surface area (Å²) in [6.07, 6.45) is 0.409. The third kappa shape index (κ3) is 5.38. The molecule has 21 heavy (non-hydrogen) atoms. The lowest BCUT2D eigenvalue weighted by molar-refractivity contribution is -0.148. The minimum Gasteiger partial charge on any atom is -0.488 e. The standard InChI is InChI=1S/C15H15F3O3/c1-3-7-14(19)21-11(4-2)10-20-13-9-6-5-8-12(13)15(16,17)18/h2,5-6,8-9,11H,3,7,10H2,1H3/t11-/m1/s1. The van der Waals surface area contributed by atoms with Crippen LogP contribution in [0, 0.1) is 12.3 Å². The van der Waals surface area contributed by atoms with Gasteiger partial charge in [0, 0.05) is 6.42 Å². The molecule has 0 spiro atoms. The summed E-state index contributed by atoms with van der Waals surface area (Å²) < 4.78 is 48.2. The van der Waals surface area contributed by atoms with Crippen molar-refractivity contribution in [2.45, 2.75) is 32.0 Å². The van der Waals surface area contributed by atoms with Gasteiger partial charge in [0.05, 0.1) is 5.56 Å². The molecule has 0 heterocycles. The van der Waals surface area contributed by atoms with Crippen molar-refractivity contribution in [3.63, 3.8) is 0 Å². The lowest BCUT2D eigenvalue weighted by Gasteiger charge is -2.16. The topological polar surface area (TPSA) is 35.5 Å². The number of halogens is 3. The van der Waals surface area contributed by atoms with Crippen molar-refractivity contribution in [1.82, 2.24) is 0 Å². The van der Waals surface area contributed by atoms with E-state index in [0.717, 1.165) is 6.07 Å². The maximum Gasteiger partial charge on any atom is 0.419 e.